The Balaban J connectivity index is 1.82. The zero-order valence-corrected chi connectivity index (χ0v) is 12.0. The quantitative estimate of drug-likeness (QED) is 0.928. The minimum Gasteiger partial charge on any atom is -0.472 e. The second-order valence-electron chi connectivity index (χ2n) is 5.86. The Bertz CT molecular complexity index is 564. The predicted octanol–water partition coefficient (Wildman–Crippen LogP) is 2.60. The van der Waals surface area contributed by atoms with E-state index in [4.69, 9.17) is 10.2 Å². The summed E-state index contributed by atoms with van der Waals surface area (Å²) in [6, 6.07) is 10.8. The lowest BCUT2D eigenvalue weighted by molar-refractivity contribution is 0.101. The molecular weight excluding hydrogens is 248 g/mol. The molecule has 0 bridgehead atoms. The monoisotopic (exact) mass is 270 g/mol. The Morgan fingerprint density at radius 1 is 1.25 bits per heavy atom. The van der Waals surface area contributed by atoms with Crippen molar-refractivity contribution < 1.29 is 4.42 Å². The van der Waals surface area contributed by atoms with Gasteiger partial charge in [0.25, 0.3) is 0 Å². The molecule has 3 rings (SSSR count). The average molecular weight is 270 g/mol. The summed E-state index contributed by atoms with van der Waals surface area (Å²) in [7, 11) is 2.17. The van der Waals surface area contributed by atoms with Crippen LogP contribution in [0.4, 0.5) is 0 Å². The number of aryl methyl sites for hydroxylation is 1. The Hall–Kier alpha value is -1.58. The van der Waals surface area contributed by atoms with Gasteiger partial charge >= 0.3 is 0 Å². The lowest BCUT2D eigenvalue weighted by Crippen LogP contribution is -2.55. The van der Waals surface area contributed by atoms with E-state index >= 15 is 0 Å². The Kier molecular flexibility index (Phi) is 3.64. The summed E-state index contributed by atoms with van der Waals surface area (Å²) in [5.41, 5.74) is 10.4. The molecule has 0 fully saturated rings. The molecule has 0 spiro atoms. The Labute approximate surface area is 120 Å². The van der Waals surface area contributed by atoms with E-state index in [0.29, 0.717) is 6.54 Å². The first kappa shape index (κ1) is 13.4. The Morgan fingerprint density at radius 3 is 2.75 bits per heavy atom. The van der Waals surface area contributed by atoms with Crippen LogP contribution in [0.5, 0.6) is 0 Å². The summed E-state index contributed by atoms with van der Waals surface area (Å²) in [4.78, 5) is 2.40. The first-order chi connectivity index (χ1) is 9.73. The van der Waals surface area contributed by atoms with Gasteiger partial charge in [-0.1, -0.05) is 24.3 Å². The van der Waals surface area contributed by atoms with Gasteiger partial charge in [-0.05, 0) is 43.5 Å². The molecule has 1 unspecified atom stereocenters. The fourth-order valence-corrected chi connectivity index (χ4v) is 3.26. The summed E-state index contributed by atoms with van der Waals surface area (Å²) >= 11 is 0. The van der Waals surface area contributed by atoms with Crippen LogP contribution in [0.15, 0.2) is 47.3 Å². The van der Waals surface area contributed by atoms with Crippen LogP contribution in [-0.4, -0.2) is 24.0 Å². The van der Waals surface area contributed by atoms with Crippen molar-refractivity contribution in [1.82, 2.24) is 4.90 Å². The number of benzene rings is 1. The van der Waals surface area contributed by atoms with Crippen LogP contribution in [0.2, 0.25) is 0 Å². The summed E-state index contributed by atoms with van der Waals surface area (Å²) in [5, 5.41) is 0. The number of fused-ring (bicyclic) bond motifs is 1. The SMILES string of the molecule is CN(Cc1ccoc1)C1(CN)CCc2ccccc2C1. The van der Waals surface area contributed by atoms with Crippen LogP contribution in [0.3, 0.4) is 0 Å². The molecule has 1 aromatic heterocycles. The number of hydrogen-bond acceptors (Lipinski definition) is 3. The van der Waals surface area contributed by atoms with Gasteiger partial charge in [0.2, 0.25) is 0 Å². The molecule has 1 aliphatic carbocycles. The fourth-order valence-electron chi connectivity index (χ4n) is 3.26. The highest BCUT2D eigenvalue weighted by Crippen LogP contribution is 2.32. The molecule has 20 heavy (non-hydrogen) atoms. The second-order valence-corrected chi connectivity index (χ2v) is 5.86. The molecule has 3 heteroatoms. The molecule has 2 aromatic rings. The van der Waals surface area contributed by atoms with Gasteiger partial charge in [0.05, 0.1) is 12.5 Å². The van der Waals surface area contributed by atoms with Crippen molar-refractivity contribution in [2.75, 3.05) is 13.6 Å². The molecule has 0 aliphatic heterocycles. The highest BCUT2D eigenvalue weighted by atomic mass is 16.3. The van der Waals surface area contributed by atoms with Gasteiger partial charge in [0.15, 0.2) is 0 Å². The number of hydrogen-bond donors (Lipinski definition) is 1. The van der Waals surface area contributed by atoms with Gasteiger partial charge in [-0.3, -0.25) is 4.90 Å². The number of nitrogens with two attached hydrogens (primary N) is 1. The maximum atomic E-state index is 6.16. The largest absolute Gasteiger partial charge is 0.472 e. The smallest absolute Gasteiger partial charge is 0.0947 e. The van der Waals surface area contributed by atoms with Crippen molar-refractivity contribution >= 4 is 0 Å². The topological polar surface area (TPSA) is 42.4 Å². The van der Waals surface area contributed by atoms with E-state index in [9.17, 15) is 0 Å². The Morgan fingerprint density at radius 2 is 2.05 bits per heavy atom. The molecule has 1 heterocycles. The van der Waals surface area contributed by atoms with Crippen molar-refractivity contribution in [2.24, 2.45) is 5.73 Å². The molecule has 1 aliphatic rings. The molecule has 2 N–H and O–H groups in total. The van der Waals surface area contributed by atoms with Crippen LogP contribution in [-0.2, 0) is 19.4 Å². The summed E-state index contributed by atoms with van der Waals surface area (Å²) in [6.07, 6.45) is 6.82. The lowest BCUT2D eigenvalue weighted by atomic mass is 9.77. The third-order valence-corrected chi connectivity index (χ3v) is 4.69. The van der Waals surface area contributed by atoms with E-state index in [1.807, 2.05) is 12.3 Å². The van der Waals surface area contributed by atoms with Crippen LogP contribution < -0.4 is 5.73 Å². The van der Waals surface area contributed by atoms with Crippen molar-refractivity contribution in [3.8, 4) is 0 Å². The molecule has 106 valence electrons. The summed E-state index contributed by atoms with van der Waals surface area (Å²) < 4.78 is 5.17. The predicted molar refractivity (Wildman–Crippen MR) is 80.4 cm³/mol. The van der Waals surface area contributed by atoms with Gasteiger partial charge in [0, 0.05) is 24.2 Å². The number of likely N-dealkylation sites (N-methyl/N-ethyl adjacent to an activating group) is 1. The van der Waals surface area contributed by atoms with Crippen molar-refractivity contribution in [1.29, 1.82) is 0 Å². The van der Waals surface area contributed by atoms with Gasteiger partial charge in [0.1, 0.15) is 0 Å². The molecule has 3 nitrogen and oxygen atoms in total. The molecule has 0 saturated carbocycles. The molecule has 0 radical (unpaired) electrons. The summed E-state index contributed by atoms with van der Waals surface area (Å²) in [6.45, 7) is 1.57. The van der Waals surface area contributed by atoms with E-state index in [1.165, 1.54) is 16.7 Å². The number of furan rings is 1. The van der Waals surface area contributed by atoms with Crippen molar-refractivity contribution in [2.45, 2.75) is 31.3 Å². The van der Waals surface area contributed by atoms with E-state index in [2.05, 4.69) is 36.2 Å². The van der Waals surface area contributed by atoms with Crippen LogP contribution in [0.1, 0.15) is 23.1 Å². The second kappa shape index (κ2) is 5.43. The third kappa shape index (κ3) is 2.39. The fraction of sp³-hybridized carbons (Fsp3) is 0.412. The number of rotatable bonds is 4. The molecule has 0 saturated heterocycles. The summed E-state index contributed by atoms with van der Waals surface area (Å²) in [5.74, 6) is 0. The first-order valence-corrected chi connectivity index (χ1v) is 7.23. The zero-order valence-electron chi connectivity index (χ0n) is 12.0. The zero-order chi connectivity index (χ0) is 14.0. The van der Waals surface area contributed by atoms with Crippen LogP contribution in [0.25, 0.3) is 0 Å². The number of nitrogens with zero attached hydrogens (tertiary/aromatic N) is 1. The van der Waals surface area contributed by atoms with Crippen molar-refractivity contribution in [3.05, 3.63) is 59.5 Å². The molecule has 1 atom stereocenters. The standard InChI is InChI=1S/C17H22N2O/c1-19(11-14-7-9-20-12-14)17(13-18)8-6-15-4-2-3-5-16(15)10-17/h2-5,7,9,12H,6,8,10-11,13,18H2,1H3. The normalized spacial score (nSPS) is 21.9. The van der Waals surface area contributed by atoms with E-state index in [-0.39, 0.29) is 5.54 Å². The molecular formula is C17H22N2O. The maximum absolute atomic E-state index is 6.16. The van der Waals surface area contributed by atoms with Gasteiger partial charge in [-0.15, -0.1) is 0 Å². The highest BCUT2D eigenvalue weighted by Gasteiger charge is 2.36. The van der Waals surface area contributed by atoms with E-state index in [1.54, 1.807) is 6.26 Å². The van der Waals surface area contributed by atoms with Gasteiger partial charge in [-0.25, -0.2) is 0 Å². The average Bonchev–Trinajstić information content (AvgIpc) is 2.99. The highest BCUT2D eigenvalue weighted by molar-refractivity contribution is 5.32. The molecule has 0 amide bonds. The lowest BCUT2D eigenvalue weighted by Gasteiger charge is -2.44. The molecule has 1 aromatic carbocycles. The van der Waals surface area contributed by atoms with E-state index < -0.39 is 0 Å². The van der Waals surface area contributed by atoms with Gasteiger partial charge < -0.3 is 10.2 Å². The van der Waals surface area contributed by atoms with Gasteiger partial charge in [-0.2, -0.15) is 0 Å². The van der Waals surface area contributed by atoms with Crippen molar-refractivity contribution in [3.63, 3.8) is 0 Å². The third-order valence-electron chi connectivity index (χ3n) is 4.69. The first-order valence-electron chi connectivity index (χ1n) is 7.23. The minimum atomic E-state index is 0.0611. The van der Waals surface area contributed by atoms with Crippen LogP contribution in [0, 0.1) is 0 Å². The minimum absolute atomic E-state index is 0.0611. The van der Waals surface area contributed by atoms with E-state index in [0.717, 1.165) is 25.8 Å². The van der Waals surface area contributed by atoms with Crippen LogP contribution >= 0.6 is 0 Å². The maximum Gasteiger partial charge on any atom is 0.0947 e.